The van der Waals surface area contributed by atoms with Gasteiger partial charge in [0.2, 0.25) is 5.92 Å². The third kappa shape index (κ3) is 3.03. The van der Waals surface area contributed by atoms with Crippen molar-refractivity contribution in [3.05, 3.63) is 24.2 Å². The number of nitrogens with zero attached hydrogens (tertiary/aromatic N) is 3. The minimum atomic E-state index is -2.50. The van der Waals surface area contributed by atoms with E-state index >= 15 is 0 Å². The van der Waals surface area contributed by atoms with Gasteiger partial charge in [0.1, 0.15) is 12.1 Å². The Labute approximate surface area is 133 Å². The van der Waals surface area contributed by atoms with Gasteiger partial charge >= 0.3 is 0 Å². The van der Waals surface area contributed by atoms with Crippen LogP contribution in [0.25, 0.3) is 5.65 Å². The standard InChI is InChI=1S/C17H21F2N3O/c1-16(4-6-17(18,19)7-5-16)10-23-14-8-15-21-20-11-22(15)9-13(14)12-2-3-12/h8-9,11-12H,2-7,10H2,1H3. The molecule has 2 aromatic heterocycles. The second-order valence-electron chi connectivity index (χ2n) is 7.42. The lowest BCUT2D eigenvalue weighted by Gasteiger charge is -2.37. The first kappa shape index (κ1) is 14.8. The zero-order valence-corrected chi connectivity index (χ0v) is 13.3. The summed E-state index contributed by atoms with van der Waals surface area (Å²) in [5.41, 5.74) is 1.76. The maximum Gasteiger partial charge on any atom is 0.248 e. The molecule has 0 saturated heterocycles. The van der Waals surface area contributed by atoms with E-state index in [4.69, 9.17) is 4.74 Å². The molecule has 0 atom stereocenters. The minimum Gasteiger partial charge on any atom is -0.493 e. The van der Waals surface area contributed by atoms with Gasteiger partial charge < -0.3 is 4.74 Å². The lowest BCUT2D eigenvalue weighted by atomic mass is 9.75. The van der Waals surface area contributed by atoms with E-state index in [1.807, 2.05) is 16.7 Å². The zero-order valence-electron chi connectivity index (χ0n) is 13.3. The van der Waals surface area contributed by atoms with E-state index in [1.54, 1.807) is 6.33 Å². The summed E-state index contributed by atoms with van der Waals surface area (Å²) >= 11 is 0. The van der Waals surface area contributed by atoms with Crippen molar-refractivity contribution >= 4 is 5.65 Å². The molecule has 23 heavy (non-hydrogen) atoms. The number of halogens is 2. The van der Waals surface area contributed by atoms with Crippen LogP contribution in [0.3, 0.4) is 0 Å². The molecule has 0 aliphatic heterocycles. The van der Waals surface area contributed by atoms with Crippen molar-refractivity contribution < 1.29 is 13.5 Å². The Hall–Kier alpha value is -1.72. The largest absolute Gasteiger partial charge is 0.493 e. The summed E-state index contributed by atoms with van der Waals surface area (Å²) in [5, 5.41) is 7.98. The molecule has 6 heteroatoms. The Morgan fingerprint density at radius 3 is 2.70 bits per heavy atom. The van der Waals surface area contributed by atoms with Gasteiger partial charge in [-0.2, -0.15) is 0 Å². The molecule has 124 valence electrons. The summed E-state index contributed by atoms with van der Waals surface area (Å²) in [6, 6.07) is 1.92. The van der Waals surface area contributed by atoms with Crippen LogP contribution in [0.2, 0.25) is 0 Å². The van der Waals surface area contributed by atoms with Crippen LogP contribution in [0.1, 0.15) is 56.9 Å². The summed E-state index contributed by atoms with van der Waals surface area (Å²) < 4.78 is 34.7. The van der Waals surface area contributed by atoms with E-state index in [9.17, 15) is 8.78 Å². The predicted molar refractivity (Wildman–Crippen MR) is 82.0 cm³/mol. The SMILES string of the molecule is CC1(COc2cc3nncn3cc2C2CC2)CCC(F)(F)CC1. The molecule has 0 bridgehead atoms. The smallest absolute Gasteiger partial charge is 0.248 e. The number of aromatic nitrogens is 3. The maximum absolute atomic E-state index is 13.4. The molecular weight excluding hydrogens is 300 g/mol. The number of hydrogen-bond acceptors (Lipinski definition) is 3. The molecule has 2 aliphatic carbocycles. The van der Waals surface area contributed by atoms with E-state index in [0.29, 0.717) is 25.4 Å². The fourth-order valence-electron chi connectivity index (χ4n) is 3.31. The molecule has 4 rings (SSSR count). The maximum atomic E-state index is 13.4. The van der Waals surface area contributed by atoms with Crippen LogP contribution in [0.15, 0.2) is 18.6 Å². The topological polar surface area (TPSA) is 39.4 Å². The van der Waals surface area contributed by atoms with Crippen molar-refractivity contribution in [2.24, 2.45) is 5.41 Å². The first-order valence-electron chi connectivity index (χ1n) is 8.28. The predicted octanol–water partition coefficient (Wildman–Crippen LogP) is 4.20. The minimum absolute atomic E-state index is 0.0362. The quantitative estimate of drug-likeness (QED) is 0.847. The molecular formula is C17H21F2N3O. The van der Waals surface area contributed by atoms with Crippen LogP contribution in [0.4, 0.5) is 8.78 Å². The molecule has 0 N–H and O–H groups in total. The zero-order chi connectivity index (χ0) is 16.1. The highest BCUT2D eigenvalue weighted by Gasteiger charge is 2.41. The number of alkyl halides is 2. The van der Waals surface area contributed by atoms with Crippen molar-refractivity contribution in [1.82, 2.24) is 14.6 Å². The average Bonchev–Trinajstić information content (AvgIpc) is 3.26. The molecule has 0 aromatic carbocycles. The third-order valence-electron chi connectivity index (χ3n) is 5.21. The van der Waals surface area contributed by atoms with E-state index in [0.717, 1.165) is 11.4 Å². The second-order valence-corrected chi connectivity index (χ2v) is 7.42. The molecule has 2 aromatic rings. The average molecular weight is 321 g/mol. The monoisotopic (exact) mass is 321 g/mol. The lowest BCUT2D eigenvalue weighted by Crippen LogP contribution is -2.35. The Morgan fingerprint density at radius 1 is 1.26 bits per heavy atom. The summed E-state index contributed by atoms with van der Waals surface area (Å²) in [6.45, 7) is 2.53. The van der Waals surface area contributed by atoms with Crippen molar-refractivity contribution in [2.75, 3.05) is 6.61 Å². The van der Waals surface area contributed by atoms with E-state index in [1.165, 1.54) is 18.4 Å². The second kappa shape index (κ2) is 5.14. The van der Waals surface area contributed by atoms with Crippen molar-refractivity contribution in [1.29, 1.82) is 0 Å². The molecule has 2 saturated carbocycles. The first-order chi connectivity index (χ1) is 10.9. The van der Waals surface area contributed by atoms with Crippen LogP contribution in [-0.2, 0) is 0 Å². The highest BCUT2D eigenvalue weighted by atomic mass is 19.3. The number of hydrogen-bond donors (Lipinski definition) is 0. The normalized spacial score (nSPS) is 23.1. The molecule has 0 unspecified atom stereocenters. The van der Waals surface area contributed by atoms with Crippen LogP contribution in [-0.4, -0.2) is 27.1 Å². The van der Waals surface area contributed by atoms with Gasteiger partial charge in [-0.25, -0.2) is 8.78 Å². The van der Waals surface area contributed by atoms with Gasteiger partial charge in [-0.15, -0.1) is 10.2 Å². The van der Waals surface area contributed by atoms with Gasteiger partial charge in [0.15, 0.2) is 5.65 Å². The molecule has 4 nitrogen and oxygen atoms in total. The molecule has 2 heterocycles. The number of fused-ring (bicyclic) bond motifs is 1. The highest BCUT2D eigenvalue weighted by molar-refractivity contribution is 5.49. The summed E-state index contributed by atoms with van der Waals surface area (Å²) in [6.07, 6.45) is 7.02. The molecule has 0 radical (unpaired) electrons. The van der Waals surface area contributed by atoms with Crippen molar-refractivity contribution in [3.8, 4) is 5.75 Å². The van der Waals surface area contributed by atoms with Crippen molar-refractivity contribution in [2.45, 2.75) is 57.3 Å². The van der Waals surface area contributed by atoms with Gasteiger partial charge in [0, 0.05) is 36.1 Å². The first-order valence-corrected chi connectivity index (χ1v) is 8.28. The van der Waals surface area contributed by atoms with Gasteiger partial charge in [-0.3, -0.25) is 4.40 Å². The molecule has 2 aliphatic rings. The van der Waals surface area contributed by atoms with E-state index in [-0.39, 0.29) is 18.3 Å². The summed E-state index contributed by atoms with van der Waals surface area (Å²) in [7, 11) is 0. The van der Waals surface area contributed by atoms with Crippen molar-refractivity contribution in [3.63, 3.8) is 0 Å². The Morgan fingerprint density at radius 2 is 2.00 bits per heavy atom. The number of ether oxygens (including phenoxy) is 1. The van der Waals surface area contributed by atoms with Gasteiger partial charge in [-0.05, 0) is 31.6 Å². The van der Waals surface area contributed by atoms with Crippen LogP contribution < -0.4 is 4.74 Å². The van der Waals surface area contributed by atoms with Crippen LogP contribution >= 0.6 is 0 Å². The number of rotatable bonds is 4. The summed E-state index contributed by atoms with van der Waals surface area (Å²) in [4.78, 5) is 0. The van der Waals surface area contributed by atoms with E-state index in [2.05, 4.69) is 17.1 Å². The van der Waals surface area contributed by atoms with Crippen LogP contribution in [0, 0.1) is 5.41 Å². The Bertz CT molecular complexity index is 714. The van der Waals surface area contributed by atoms with E-state index < -0.39 is 5.92 Å². The Kier molecular flexibility index (Phi) is 3.32. The lowest BCUT2D eigenvalue weighted by molar-refractivity contribution is -0.0712. The van der Waals surface area contributed by atoms with Gasteiger partial charge in [-0.1, -0.05) is 6.92 Å². The molecule has 2 fully saturated rings. The highest BCUT2D eigenvalue weighted by Crippen LogP contribution is 2.46. The van der Waals surface area contributed by atoms with Gasteiger partial charge in [0.05, 0.1) is 6.61 Å². The Balaban J connectivity index is 1.52. The third-order valence-corrected chi connectivity index (χ3v) is 5.21. The summed E-state index contributed by atoms with van der Waals surface area (Å²) in [5.74, 6) is -1.12. The fourth-order valence-corrected chi connectivity index (χ4v) is 3.31. The molecule has 0 amide bonds. The van der Waals surface area contributed by atoms with Crippen LogP contribution in [0.5, 0.6) is 5.75 Å². The fraction of sp³-hybridized carbons (Fsp3) is 0.647. The van der Waals surface area contributed by atoms with Gasteiger partial charge in [0.25, 0.3) is 0 Å². The molecule has 0 spiro atoms. The number of pyridine rings is 1.